The summed E-state index contributed by atoms with van der Waals surface area (Å²) >= 11 is 5.21. The SMILES string of the molecule is CC(C)n1ncc(Br)c1C(=O)C1(C)CCCS1. The highest BCUT2D eigenvalue weighted by Gasteiger charge is 2.40. The number of rotatable bonds is 3. The van der Waals surface area contributed by atoms with Gasteiger partial charge in [-0.3, -0.25) is 9.48 Å². The molecule has 0 N–H and O–H groups in total. The Morgan fingerprint density at radius 1 is 1.65 bits per heavy atom. The van der Waals surface area contributed by atoms with Crippen molar-refractivity contribution in [2.24, 2.45) is 0 Å². The van der Waals surface area contributed by atoms with Crippen LogP contribution in [0.1, 0.15) is 50.1 Å². The van der Waals surface area contributed by atoms with Crippen LogP contribution in [0.4, 0.5) is 0 Å². The Hall–Kier alpha value is -0.290. The summed E-state index contributed by atoms with van der Waals surface area (Å²) in [7, 11) is 0. The lowest BCUT2D eigenvalue weighted by Gasteiger charge is -2.22. The third-order valence-corrected chi connectivity index (χ3v) is 5.25. The number of hydrogen-bond acceptors (Lipinski definition) is 3. The van der Waals surface area contributed by atoms with Crippen molar-refractivity contribution in [1.29, 1.82) is 0 Å². The summed E-state index contributed by atoms with van der Waals surface area (Å²) in [5.41, 5.74) is 0.719. The minimum atomic E-state index is -0.269. The van der Waals surface area contributed by atoms with Gasteiger partial charge in [-0.2, -0.15) is 5.10 Å². The Morgan fingerprint density at radius 3 is 2.88 bits per heavy atom. The predicted molar refractivity (Wildman–Crippen MR) is 74.7 cm³/mol. The Kier molecular flexibility index (Phi) is 3.69. The molecule has 1 unspecified atom stereocenters. The number of thioether (sulfide) groups is 1. The summed E-state index contributed by atoms with van der Waals surface area (Å²) in [4.78, 5) is 12.7. The topological polar surface area (TPSA) is 34.9 Å². The van der Waals surface area contributed by atoms with Crippen molar-refractivity contribution in [3.8, 4) is 0 Å². The molecule has 1 aliphatic rings. The maximum Gasteiger partial charge on any atom is 0.197 e. The minimum absolute atomic E-state index is 0.204. The zero-order valence-electron chi connectivity index (χ0n) is 10.4. The fourth-order valence-electron chi connectivity index (χ4n) is 2.15. The molecule has 1 aromatic heterocycles. The number of carbonyl (C=O) groups is 1. The number of aromatic nitrogens is 2. The molecule has 1 fully saturated rings. The Labute approximate surface area is 114 Å². The van der Waals surface area contributed by atoms with Gasteiger partial charge in [0, 0.05) is 6.04 Å². The fraction of sp³-hybridized carbons (Fsp3) is 0.667. The van der Waals surface area contributed by atoms with E-state index in [1.807, 2.05) is 18.5 Å². The number of ketones is 1. The molecule has 0 amide bonds. The van der Waals surface area contributed by atoms with Crippen molar-refractivity contribution in [2.75, 3.05) is 5.75 Å². The quantitative estimate of drug-likeness (QED) is 0.798. The third-order valence-electron chi connectivity index (χ3n) is 3.15. The molecule has 2 heterocycles. The second-order valence-electron chi connectivity index (χ2n) is 4.89. The molecule has 1 aromatic rings. The molecule has 0 aliphatic carbocycles. The highest BCUT2D eigenvalue weighted by Crippen LogP contribution is 2.41. The molecule has 0 spiro atoms. The van der Waals surface area contributed by atoms with E-state index in [9.17, 15) is 4.79 Å². The minimum Gasteiger partial charge on any atom is -0.291 e. The van der Waals surface area contributed by atoms with Crippen LogP contribution < -0.4 is 0 Å². The lowest BCUT2D eigenvalue weighted by atomic mass is 9.98. The van der Waals surface area contributed by atoms with E-state index >= 15 is 0 Å². The van der Waals surface area contributed by atoms with Gasteiger partial charge in [0.25, 0.3) is 0 Å². The van der Waals surface area contributed by atoms with Crippen LogP contribution in [-0.4, -0.2) is 26.1 Å². The normalized spacial score (nSPS) is 24.5. The molecule has 0 saturated carbocycles. The van der Waals surface area contributed by atoms with Crippen molar-refractivity contribution >= 4 is 33.5 Å². The first-order chi connectivity index (χ1) is 7.96. The number of carbonyl (C=O) groups excluding carboxylic acids is 1. The van der Waals surface area contributed by atoms with Crippen LogP contribution >= 0.6 is 27.7 Å². The van der Waals surface area contributed by atoms with Crippen molar-refractivity contribution < 1.29 is 4.79 Å². The van der Waals surface area contributed by atoms with Gasteiger partial charge in [-0.15, -0.1) is 11.8 Å². The Morgan fingerprint density at radius 2 is 2.35 bits per heavy atom. The lowest BCUT2D eigenvalue weighted by molar-refractivity contribution is 0.0935. The van der Waals surface area contributed by atoms with E-state index in [2.05, 4.69) is 28.0 Å². The van der Waals surface area contributed by atoms with Gasteiger partial charge in [0.05, 0.1) is 15.4 Å². The summed E-state index contributed by atoms with van der Waals surface area (Å²) in [6, 6.07) is 0.204. The second kappa shape index (κ2) is 4.76. The molecular formula is C12H17BrN2OS. The molecular weight excluding hydrogens is 300 g/mol. The molecule has 17 heavy (non-hydrogen) atoms. The van der Waals surface area contributed by atoms with E-state index in [1.54, 1.807) is 18.0 Å². The van der Waals surface area contributed by atoms with Crippen LogP contribution in [0.15, 0.2) is 10.7 Å². The maximum atomic E-state index is 12.7. The largest absolute Gasteiger partial charge is 0.291 e. The van der Waals surface area contributed by atoms with Crippen LogP contribution in [0.5, 0.6) is 0 Å². The van der Waals surface area contributed by atoms with Crippen molar-refractivity contribution in [1.82, 2.24) is 9.78 Å². The summed E-state index contributed by atoms with van der Waals surface area (Å²) < 4.78 is 2.36. The van der Waals surface area contributed by atoms with Crippen molar-refractivity contribution in [3.05, 3.63) is 16.4 Å². The molecule has 5 heteroatoms. The van der Waals surface area contributed by atoms with Crippen LogP contribution in [0.25, 0.3) is 0 Å². The molecule has 0 bridgehead atoms. The number of Topliss-reactive ketones (excluding diaryl/α,β-unsaturated/α-hetero) is 1. The van der Waals surface area contributed by atoms with Crippen molar-refractivity contribution in [2.45, 2.75) is 44.4 Å². The first-order valence-electron chi connectivity index (χ1n) is 5.87. The average molecular weight is 317 g/mol. The first-order valence-corrected chi connectivity index (χ1v) is 7.65. The standard InChI is InChI=1S/C12H17BrN2OS/c1-8(2)15-10(9(13)7-14-15)11(16)12(3)5-4-6-17-12/h7-8H,4-6H2,1-3H3. The molecule has 1 atom stereocenters. The second-order valence-corrected chi connectivity index (χ2v) is 7.34. The summed E-state index contributed by atoms with van der Waals surface area (Å²) in [5, 5.41) is 4.28. The fourth-order valence-corrected chi connectivity index (χ4v) is 3.86. The first kappa shape index (κ1) is 13.1. The number of halogens is 1. The maximum absolute atomic E-state index is 12.7. The third kappa shape index (κ3) is 2.32. The van der Waals surface area contributed by atoms with Crippen LogP contribution in [0.2, 0.25) is 0 Å². The Bertz CT molecular complexity index is 436. The van der Waals surface area contributed by atoms with E-state index in [-0.39, 0.29) is 16.6 Å². The van der Waals surface area contributed by atoms with E-state index in [0.717, 1.165) is 28.8 Å². The van der Waals surface area contributed by atoms with Gasteiger partial charge in [0.1, 0.15) is 5.69 Å². The van der Waals surface area contributed by atoms with Gasteiger partial charge in [-0.05, 0) is 55.3 Å². The van der Waals surface area contributed by atoms with Crippen molar-refractivity contribution in [3.63, 3.8) is 0 Å². The monoisotopic (exact) mass is 316 g/mol. The zero-order valence-corrected chi connectivity index (χ0v) is 12.8. The number of nitrogens with zero attached hydrogens (tertiary/aromatic N) is 2. The zero-order chi connectivity index (χ0) is 12.6. The molecule has 94 valence electrons. The molecule has 1 aliphatic heterocycles. The molecule has 0 aromatic carbocycles. The summed E-state index contributed by atoms with van der Waals surface area (Å²) in [6.45, 7) is 6.14. The Balaban J connectivity index is 2.39. The summed E-state index contributed by atoms with van der Waals surface area (Å²) in [6.07, 6.45) is 3.81. The molecule has 0 radical (unpaired) electrons. The lowest BCUT2D eigenvalue weighted by Crippen LogP contribution is -2.31. The van der Waals surface area contributed by atoms with Crippen LogP contribution in [0.3, 0.4) is 0 Å². The van der Waals surface area contributed by atoms with Crippen LogP contribution in [-0.2, 0) is 0 Å². The van der Waals surface area contributed by atoms with E-state index in [0.29, 0.717) is 0 Å². The van der Waals surface area contributed by atoms with Gasteiger partial charge in [0.2, 0.25) is 0 Å². The van der Waals surface area contributed by atoms with Gasteiger partial charge in [-0.1, -0.05) is 0 Å². The predicted octanol–water partition coefficient (Wildman–Crippen LogP) is 3.69. The van der Waals surface area contributed by atoms with Gasteiger partial charge >= 0.3 is 0 Å². The van der Waals surface area contributed by atoms with E-state index < -0.39 is 0 Å². The van der Waals surface area contributed by atoms with Gasteiger partial charge < -0.3 is 0 Å². The molecule has 1 saturated heterocycles. The number of hydrogen-bond donors (Lipinski definition) is 0. The van der Waals surface area contributed by atoms with Crippen LogP contribution in [0, 0.1) is 0 Å². The smallest absolute Gasteiger partial charge is 0.197 e. The highest BCUT2D eigenvalue weighted by atomic mass is 79.9. The van der Waals surface area contributed by atoms with Gasteiger partial charge in [-0.25, -0.2) is 0 Å². The highest BCUT2D eigenvalue weighted by molar-refractivity contribution is 9.10. The average Bonchev–Trinajstić information content (AvgIpc) is 2.85. The van der Waals surface area contributed by atoms with E-state index in [1.165, 1.54) is 0 Å². The van der Waals surface area contributed by atoms with Gasteiger partial charge in [0.15, 0.2) is 5.78 Å². The van der Waals surface area contributed by atoms with E-state index in [4.69, 9.17) is 0 Å². The molecule has 3 nitrogen and oxygen atoms in total. The molecule has 2 rings (SSSR count). The summed E-state index contributed by atoms with van der Waals surface area (Å²) in [5.74, 6) is 1.29.